The molecule has 0 amide bonds. The van der Waals surface area contributed by atoms with Crippen molar-refractivity contribution in [1.82, 2.24) is 0 Å². The SMILES string of the molecule is CN(CC1CC2CCC1C2)c1cc(Br)ccc1CCN. The summed E-state index contributed by atoms with van der Waals surface area (Å²) in [6.45, 7) is 1.92. The Kier molecular flexibility index (Phi) is 4.37. The molecule has 2 N–H and O–H groups in total. The van der Waals surface area contributed by atoms with Crippen LogP contribution in [0.5, 0.6) is 0 Å². The van der Waals surface area contributed by atoms with Gasteiger partial charge in [-0.2, -0.15) is 0 Å². The van der Waals surface area contributed by atoms with E-state index in [1.165, 1.54) is 43.5 Å². The first kappa shape index (κ1) is 14.4. The normalized spacial score (nSPS) is 28.1. The largest absolute Gasteiger partial charge is 0.374 e. The minimum Gasteiger partial charge on any atom is -0.374 e. The third kappa shape index (κ3) is 2.89. The quantitative estimate of drug-likeness (QED) is 0.885. The lowest BCUT2D eigenvalue weighted by molar-refractivity contribution is 0.337. The molecule has 3 unspecified atom stereocenters. The first-order valence-electron chi connectivity index (χ1n) is 7.87. The summed E-state index contributed by atoms with van der Waals surface area (Å²) in [7, 11) is 2.24. The summed E-state index contributed by atoms with van der Waals surface area (Å²) >= 11 is 3.60. The second kappa shape index (κ2) is 6.07. The summed E-state index contributed by atoms with van der Waals surface area (Å²) < 4.78 is 1.16. The zero-order valence-electron chi connectivity index (χ0n) is 12.3. The third-order valence-corrected chi connectivity index (χ3v) is 5.76. The topological polar surface area (TPSA) is 29.3 Å². The molecule has 2 nitrogen and oxygen atoms in total. The molecule has 0 aromatic heterocycles. The van der Waals surface area contributed by atoms with Gasteiger partial charge < -0.3 is 10.6 Å². The Bertz CT molecular complexity index is 474. The van der Waals surface area contributed by atoms with E-state index >= 15 is 0 Å². The summed E-state index contributed by atoms with van der Waals surface area (Å²) in [6.07, 6.45) is 6.86. The lowest BCUT2D eigenvalue weighted by Gasteiger charge is -2.30. The fraction of sp³-hybridized carbons (Fsp3) is 0.647. The summed E-state index contributed by atoms with van der Waals surface area (Å²) in [4.78, 5) is 2.46. The highest BCUT2D eigenvalue weighted by Crippen LogP contribution is 2.48. The molecule has 3 rings (SSSR count). The minimum absolute atomic E-state index is 0.719. The van der Waals surface area contributed by atoms with Crippen LogP contribution in [0.1, 0.15) is 31.2 Å². The van der Waals surface area contributed by atoms with E-state index in [-0.39, 0.29) is 0 Å². The molecular weight excluding hydrogens is 312 g/mol. The summed E-state index contributed by atoms with van der Waals surface area (Å²) in [6, 6.07) is 6.58. The number of hydrogen-bond acceptors (Lipinski definition) is 2. The Hall–Kier alpha value is -0.540. The van der Waals surface area contributed by atoms with Gasteiger partial charge in [-0.3, -0.25) is 0 Å². The van der Waals surface area contributed by atoms with Crippen LogP contribution >= 0.6 is 15.9 Å². The molecule has 2 fully saturated rings. The van der Waals surface area contributed by atoms with Gasteiger partial charge >= 0.3 is 0 Å². The number of benzene rings is 1. The van der Waals surface area contributed by atoms with E-state index in [1.807, 2.05) is 0 Å². The first-order chi connectivity index (χ1) is 9.67. The molecule has 0 spiro atoms. The summed E-state index contributed by atoms with van der Waals surface area (Å²) in [5.74, 6) is 2.93. The van der Waals surface area contributed by atoms with Crippen LogP contribution in [0.2, 0.25) is 0 Å². The Morgan fingerprint density at radius 3 is 2.80 bits per heavy atom. The molecule has 1 aromatic carbocycles. The van der Waals surface area contributed by atoms with Crippen LogP contribution in [0.3, 0.4) is 0 Å². The van der Waals surface area contributed by atoms with E-state index in [4.69, 9.17) is 5.73 Å². The second-order valence-corrected chi connectivity index (χ2v) is 7.54. The van der Waals surface area contributed by atoms with Crippen molar-refractivity contribution in [1.29, 1.82) is 0 Å². The van der Waals surface area contributed by atoms with Crippen LogP contribution in [0.25, 0.3) is 0 Å². The number of nitrogens with two attached hydrogens (primary N) is 1. The average Bonchev–Trinajstić information content (AvgIpc) is 3.03. The maximum atomic E-state index is 5.75. The lowest BCUT2D eigenvalue weighted by Crippen LogP contribution is -2.29. The van der Waals surface area contributed by atoms with Gasteiger partial charge in [-0.15, -0.1) is 0 Å². The highest BCUT2D eigenvalue weighted by atomic mass is 79.9. The van der Waals surface area contributed by atoms with Crippen LogP contribution in [-0.2, 0) is 6.42 Å². The molecule has 2 bridgehead atoms. The molecular formula is C17H25BrN2. The number of halogens is 1. The Labute approximate surface area is 130 Å². The van der Waals surface area contributed by atoms with Crippen molar-refractivity contribution in [2.75, 3.05) is 25.0 Å². The van der Waals surface area contributed by atoms with Crippen molar-refractivity contribution in [3.8, 4) is 0 Å². The Morgan fingerprint density at radius 2 is 2.15 bits per heavy atom. The van der Waals surface area contributed by atoms with Gasteiger partial charge in [0.1, 0.15) is 0 Å². The molecule has 110 valence electrons. The van der Waals surface area contributed by atoms with Crippen molar-refractivity contribution in [2.45, 2.75) is 32.1 Å². The molecule has 20 heavy (non-hydrogen) atoms. The summed E-state index contributed by atoms with van der Waals surface area (Å²) in [5, 5.41) is 0. The maximum Gasteiger partial charge on any atom is 0.0408 e. The van der Waals surface area contributed by atoms with Crippen molar-refractivity contribution in [2.24, 2.45) is 23.5 Å². The first-order valence-corrected chi connectivity index (χ1v) is 8.66. The predicted octanol–water partition coefficient (Wildman–Crippen LogP) is 3.82. The van der Waals surface area contributed by atoms with Gasteiger partial charge in [0.2, 0.25) is 0 Å². The van der Waals surface area contributed by atoms with Gasteiger partial charge in [0.05, 0.1) is 0 Å². The molecule has 2 aliphatic carbocycles. The van der Waals surface area contributed by atoms with E-state index in [0.717, 1.165) is 35.2 Å². The molecule has 0 saturated heterocycles. The molecule has 2 aliphatic rings. The van der Waals surface area contributed by atoms with E-state index < -0.39 is 0 Å². The predicted molar refractivity (Wildman–Crippen MR) is 89.1 cm³/mol. The minimum atomic E-state index is 0.719. The van der Waals surface area contributed by atoms with E-state index in [2.05, 4.69) is 46.1 Å². The second-order valence-electron chi connectivity index (χ2n) is 6.63. The van der Waals surface area contributed by atoms with E-state index in [9.17, 15) is 0 Å². The fourth-order valence-electron chi connectivity index (χ4n) is 4.31. The van der Waals surface area contributed by atoms with Crippen molar-refractivity contribution < 1.29 is 0 Å². The molecule has 0 heterocycles. The van der Waals surface area contributed by atoms with Crippen LogP contribution in [0.15, 0.2) is 22.7 Å². The average molecular weight is 337 g/mol. The molecule has 2 saturated carbocycles. The van der Waals surface area contributed by atoms with Gasteiger partial charge in [-0.25, -0.2) is 0 Å². The van der Waals surface area contributed by atoms with Gasteiger partial charge in [-0.1, -0.05) is 28.4 Å². The zero-order chi connectivity index (χ0) is 14.1. The van der Waals surface area contributed by atoms with Crippen LogP contribution in [0.4, 0.5) is 5.69 Å². The number of fused-ring (bicyclic) bond motifs is 2. The highest BCUT2D eigenvalue weighted by Gasteiger charge is 2.39. The van der Waals surface area contributed by atoms with Crippen molar-refractivity contribution in [3.63, 3.8) is 0 Å². The van der Waals surface area contributed by atoms with Gasteiger partial charge in [0.25, 0.3) is 0 Å². The lowest BCUT2D eigenvalue weighted by atomic mass is 9.88. The van der Waals surface area contributed by atoms with Gasteiger partial charge in [-0.05, 0) is 67.7 Å². The zero-order valence-corrected chi connectivity index (χ0v) is 13.9. The number of anilines is 1. The Morgan fingerprint density at radius 1 is 1.30 bits per heavy atom. The summed E-state index contributed by atoms with van der Waals surface area (Å²) in [5.41, 5.74) is 8.48. The molecule has 3 atom stereocenters. The van der Waals surface area contributed by atoms with Crippen LogP contribution < -0.4 is 10.6 Å². The van der Waals surface area contributed by atoms with Gasteiger partial charge in [0, 0.05) is 23.8 Å². The number of hydrogen-bond donors (Lipinski definition) is 1. The monoisotopic (exact) mass is 336 g/mol. The molecule has 3 heteroatoms. The van der Waals surface area contributed by atoms with Crippen LogP contribution in [-0.4, -0.2) is 20.1 Å². The number of nitrogens with zero attached hydrogens (tertiary/aromatic N) is 1. The molecule has 1 aromatic rings. The maximum absolute atomic E-state index is 5.75. The van der Waals surface area contributed by atoms with E-state index in [0.29, 0.717) is 0 Å². The Balaban J connectivity index is 1.72. The van der Waals surface area contributed by atoms with Crippen molar-refractivity contribution in [3.05, 3.63) is 28.2 Å². The standard InChI is InChI=1S/C17H25BrN2/c1-20(11-15-9-12-2-3-14(15)8-12)17-10-16(18)5-4-13(17)6-7-19/h4-5,10,12,14-15H,2-3,6-9,11,19H2,1H3. The molecule has 0 aliphatic heterocycles. The highest BCUT2D eigenvalue weighted by molar-refractivity contribution is 9.10. The third-order valence-electron chi connectivity index (χ3n) is 5.27. The van der Waals surface area contributed by atoms with Gasteiger partial charge in [0.15, 0.2) is 0 Å². The fourth-order valence-corrected chi connectivity index (χ4v) is 4.66. The smallest absolute Gasteiger partial charge is 0.0408 e. The van der Waals surface area contributed by atoms with Crippen molar-refractivity contribution >= 4 is 21.6 Å². The van der Waals surface area contributed by atoms with E-state index in [1.54, 1.807) is 0 Å². The van der Waals surface area contributed by atoms with Crippen LogP contribution in [0, 0.1) is 17.8 Å². The number of rotatable bonds is 5. The molecule has 0 radical (unpaired) electrons.